The molecule has 0 fully saturated rings. The van der Waals surface area contributed by atoms with E-state index in [1.54, 1.807) is 0 Å². The first kappa shape index (κ1) is 9.20. The largest absolute Gasteiger partial charge is 0.502 e. The second kappa shape index (κ2) is 3.09. The van der Waals surface area contributed by atoms with Crippen LogP contribution in [0.15, 0.2) is 33.5 Å². The molecule has 2 aromatic rings. The number of fused-ring (bicyclic) bond motifs is 1. The average molecular weight is 207 g/mol. The third-order valence-electron chi connectivity index (χ3n) is 1.92. The molecule has 6 nitrogen and oxygen atoms in total. The highest BCUT2D eigenvalue weighted by molar-refractivity contribution is 5.87. The molecule has 0 amide bonds. The first-order chi connectivity index (χ1) is 7.09. The van der Waals surface area contributed by atoms with Crippen LogP contribution in [0.1, 0.15) is 0 Å². The molecule has 0 atom stereocenters. The van der Waals surface area contributed by atoms with Crippen LogP contribution in [0.4, 0.5) is 5.69 Å². The van der Waals surface area contributed by atoms with Crippen molar-refractivity contribution in [1.29, 1.82) is 0 Å². The molecule has 2 rings (SSSR count). The lowest BCUT2D eigenvalue weighted by molar-refractivity contribution is -0.384. The van der Waals surface area contributed by atoms with Crippen molar-refractivity contribution in [2.75, 3.05) is 0 Å². The normalized spacial score (nSPS) is 10.4. The van der Waals surface area contributed by atoms with Gasteiger partial charge in [0.25, 0.3) is 0 Å². The summed E-state index contributed by atoms with van der Waals surface area (Å²) in [5.41, 5.74) is -1.51. The zero-order chi connectivity index (χ0) is 11.0. The second-order valence-electron chi connectivity index (χ2n) is 2.86. The van der Waals surface area contributed by atoms with Crippen molar-refractivity contribution in [3.05, 3.63) is 44.8 Å². The summed E-state index contributed by atoms with van der Waals surface area (Å²) in [5, 5.41) is 20.3. The lowest BCUT2D eigenvalue weighted by atomic mass is 10.2. The Morgan fingerprint density at radius 1 is 1.27 bits per heavy atom. The number of aromatic hydroxyl groups is 1. The highest BCUT2D eigenvalue weighted by atomic mass is 16.6. The quantitative estimate of drug-likeness (QED) is 0.433. The predicted molar refractivity (Wildman–Crippen MR) is 50.8 cm³/mol. The average Bonchev–Trinajstić information content (AvgIpc) is 2.16. The van der Waals surface area contributed by atoms with Gasteiger partial charge < -0.3 is 9.52 Å². The molecule has 1 heterocycles. The van der Waals surface area contributed by atoms with Crippen molar-refractivity contribution in [2.45, 2.75) is 0 Å². The Morgan fingerprint density at radius 2 is 1.93 bits per heavy atom. The van der Waals surface area contributed by atoms with Crippen molar-refractivity contribution < 1.29 is 14.4 Å². The van der Waals surface area contributed by atoms with E-state index in [1.807, 2.05) is 0 Å². The van der Waals surface area contributed by atoms with Crippen molar-refractivity contribution in [1.82, 2.24) is 0 Å². The van der Waals surface area contributed by atoms with Gasteiger partial charge in [-0.15, -0.1) is 0 Å². The van der Waals surface area contributed by atoms with Crippen LogP contribution in [-0.2, 0) is 0 Å². The fraction of sp³-hybridized carbons (Fsp3) is 0. The summed E-state index contributed by atoms with van der Waals surface area (Å²) in [4.78, 5) is 20.7. The van der Waals surface area contributed by atoms with E-state index in [0.29, 0.717) is 5.39 Å². The molecule has 6 heteroatoms. The molecule has 0 aliphatic rings. The molecular weight excluding hydrogens is 202 g/mol. The summed E-state index contributed by atoms with van der Waals surface area (Å²) in [6, 6.07) is 5.16. The SMILES string of the molecule is O=c1ccc2ccc(O)c([N+](=O)[O-])c2o1. The number of phenols is 1. The first-order valence-electron chi connectivity index (χ1n) is 4.00. The Bertz CT molecular complexity index is 601. The van der Waals surface area contributed by atoms with Gasteiger partial charge >= 0.3 is 11.3 Å². The van der Waals surface area contributed by atoms with Gasteiger partial charge in [0.15, 0.2) is 5.75 Å². The van der Waals surface area contributed by atoms with E-state index in [1.165, 1.54) is 18.2 Å². The van der Waals surface area contributed by atoms with E-state index >= 15 is 0 Å². The molecule has 0 aliphatic carbocycles. The number of hydrogen-bond acceptors (Lipinski definition) is 5. The Labute approximate surface area is 82.5 Å². The number of rotatable bonds is 1. The molecule has 0 saturated carbocycles. The molecule has 0 spiro atoms. The Morgan fingerprint density at radius 3 is 2.60 bits per heavy atom. The van der Waals surface area contributed by atoms with Crippen molar-refractivity contribution in [2.24, 2.45) is 0 Å². The molecule has 0 aliphatic heterocycles. The van der Waals surface area contributed by atoms with Crippen molar-refractivity contribution in [3.8, 4) is 5.75 Å². The molecule has 1 N–H and O–H groups in total. The van der Waals surface area contributed by atoms with Crippen LogP contribution in [0.3, 0.4) is 0 Å². The third-order valence-corrected chi connectivity index (χ3v) is 1.92. The smallest absolute Gasteiger partial charge is 0.353 e. The third kappa shape index (κ3) is 1.41. The maximum atomic E-state index is 10.9. The van der Waals surface area contributed by atoms with E-state index in [9.17, 15) is 20.0 Å². The topological polar surface area (TPSA) is 93.6 Å². The number of phenolic OH excluding ortho intramolecular Hbond substituents is 1. The van der Waals surface area contributed by atoms with Gasteiger partial charge in [-0.2, -0.15) is 0 Å². The lowest BCUT2D eigenvalue weighted by Crippen LogP contribution is -1.97. The van der Waals surface area contributed by atoms with Crippen LogP contribution in [-0.4, -0.2) is 10.0 Å². The molecule has 0 bridgehead atoms. The van der Waals surface area contributed by atoms with Gasteiger partial charge in [0.1, 0.15) is 0 Å². The minimum atomic E-state index is -0.791. The number of hydrogen-bond donors (Lipinski definition) is 1. The zero-order valence-corrected chi connectivity index (χ0v) is 7.34. The van der Waals surface area contributed by atoms with Gasteiger partial charge in [-0.05, 0) is 18.2 Å². The summed E-state index contributed by atoms with van der Waals surface area (Å²) in [7, 11) is 0. The fourth-order valence-corrected chi connectivity index (χ4v) is 1.28. The molecule has 0 radical (unpaired) electrons. The number of nitro groups is 1. The van der Waals surface area contributed by atoms with Gasteiger partial charge in [-0.3, -0.25) is 10.1 Å². The minimum Gasteiger partial charge on any atom is -0.502 e. The van der Waals surface area contributed by atoms with Gasteiger partial charge in [-0.25, -0.2) is 4.79 Å². The standard InChI is InChI=1S/C9H5NO5/c11-6-3-1-5-2-4-7(12)15-9(5)8(6)10(13)14/h1-4,11H. The molecule has 15 heavy (non-hydrogen) atoms. The van der Waals surface area contributed by atoms with E-state index < -0.39 is 22.0 Å². The van der Waals surface area contributed by atoms with Gasteiger partial charge in [0.05, 0.1) is 4.92 Å². The van der Waals surface area contributed by atoms with Gasteiger partial charge in [0, 0.05) is 11.5 Å². The Kier molecular flexibility index (Phi) is 1.89. The highest BCUT2D eigenvalue weighted by Crippen LogP contribution is 2.32. The molecule has 76 valence electrons. The fourth-order valence-electron chi connectivity index (χ4n) is 1.28. The molecule has 0 saturated heterocycles. The van der Waals surface area contributed by atoms with Crippen LogP contribution in [0.2, 0.25) is 0 Å². The summed E-state index contributed by atoms with van der Waals surface area (Å²) >= 11 is 0. The summed E-state index contributed by atoms with van der Waals surface area (Å²) in [6.07, 6.45) is 0. The molecular formula is C9H5NO5. The zero-order valence-electron chi connectivity index (χ0n) is 7.34. The van der Waals surface area contributed by atoms with E-state index in [4.69, 9.17) is 0 Å². The lowest BCUT2D eigenvalue weighted by Gasteiger charge is -1.98. The van der Waals surface area contributed by atoms with E-state index in [0.717, 1.165) is 6.07 Å². The van der Waals surface area contributed by atoms with E-state index in [2.05, 4.69) is 4.42 Å². The van der Waals surface area contributed by atoms with Crippen LogP contribution >= 0.6 is 0 Å². The summed E-state index contributed by atoms with van der Waals surface area (Å²) < 4.78 is 4.68. The van der Waals surface area contributed by atoms with Crippen molar-refractivity contribution in [3.63, 3.8) is 0 Å². The Balaban J connectivity index is 2.97. The molecule has 1 aromatic heterocycles. The van der Waals surface area contributed by atoms with Gasteiger partial charge in [0.2, 0.25) is 5.58 Å². The van der Waals surface area contributed by atoms with Crippen molar-refractivity contribution >= 4 is 16.7 Å². The maximum absolute atomic E-state index is 10.9. The summed E-state index contributed by atoms with van der Waals surface area (Å²) in [6.45, 7) is 0. The molecule has 0 unspecified atom stereocenters. The van der Waals surface area contributed by atoms with Crippen LogP contribution in [0, 0.1) is 10.1 Å². The first-order valence-corrected chi connectivity index (χ1v) is 4.00. The predicted octanol–water partition coefficient (Wildman–Crippen LogP) is 1.41. The van der Waals surface area contributed by atoms with Crippen LogP contribution in [0.5, 0.6) is 5.75 Å². The monoisotopic (exact) mass is 207 g/mol. The highest BCUT2D eigenvalue weighted by Gasteiger charge is 2.20. The maximum Gasteiger partial charge on any atom is 0.353 e. The second-order valence-corrected chi connectivity index (χ2v) is 2.86. The number of nitro benzene ring substituents is 1. The minimum absolute atomic E-state index is 0.215. The van der Waals surface area contributed by atoms with Crippen LogP contribution in [0.25, 0.3) is 11.0 Å². The van der Waals surface area contributed by atoms with Crippen LogP contribution < -0.4 is 5.63 Å². The van der Waals surface area contributed by atoms with E-state index in [-0.39, 0.29) is 5.58 Å². The molecule has 1 aromatic carbocycles. The Hall–Kier alpha value is -2.37. The number of benzene rings is 1. The summed E-state index contributed by atoms with van der Waals surface area (Å²) in [5.74, 6) is -0.526. The van der Waals surface area contributed by atoms with Gasteiger partial charge in [-0.1, -0.05) is 0 Å². The number of nitrogens with zero attached hydrogens (tertiary/aromatic N) is 1.